The molecular weight excluding hydrogens is 349 g/mol. The van der Waals surface area contributed by atoms with Crippen LogP contribution in [-0.4, -0.2) is 25.3 Å². The minimum atomic E-state index is -3.72. The summed E-state index contributed by atoms with van der Waals surface area (Å²) in [6.45, 7) is 0. The van der Waals surface area contributed by atoms with E-state index in [9.17, 15) is 13.2 Å². The fourth-order valence-corrected chi connectivity index (χ4v) is 6.14. The van der Waals surface area contributed by atoms with Gasteiger partial charge in [-0.05, 0) is 31.4 Å². The molecule has 1 aliphatic rings. The van der Waals surface area contributed by atoms with Gasteiger partial charge in [-0.25, -0.2) is 13.1 Å². The van der Waals surface area contributed by atoms with E-state index in [4.69, 9.17) is 0 Å². The van der Waals surface area contributed by atoms with Crippen LogP contribution < -0.4 is 34.3 Å². The molecule has 1 N–H and O–H groups in total. The molecule has 1 unspecified atom stereocenters. The van der Waals surface area contributed by atoms with E-state index in [1.807, 2.05) is 21.6 Å². The molecule has 0 aliphatic carbocycles. The fraction of sp³-hybridized carbons (Fsp3) is 0.500. The molecule has 1 fully saturated rings. The van der Waals surface area contributed by atoms with Crippen LogP contribution in [0.5, 0.6) is 0 Å². The molecule has 8 heteroatoms. The van der Waals surface area contributed by atoms with E-state index < -0.39 is 15.9 Å². The van der Waals surface area contributed by atoms with E-state index >= 15 is 0 Å². The summed E-state index contributed by atoms with van der Waals surface area (Å²) >= 11 is 0. The van der Waals surface area contributed by atoms with Gasteiger partial charge in [-0.15, -0.1) is 0 Å². The average molecular weight is 370 g/mol. The Balaban J connectivity index is 0.00000242. The molecule has 1 amide bonds. The van der Waals surface area contributed by atoms with Crippen LogP contribution in [0.2, 0.25) is 0 Å². The number of sulfonamides is 1. The van der Waals surface area contributed by atoms with E-state index in [1.165, 1.54) is 24.3 Å². The van der Waals surface area contributed by atoms with Gasteiger partial charge in [-0.1, -0.05) is 46.2 Å². The van der Waals surface area contributed by atoms with Crippen LogP contribution in [0, 0.1) is 0 Å². The number of unbranched alkanes of at least 4 members (excludes halogenated alkanes) is 1. The number of hydrogen-bond acceptors (Lipinski definition) is 5. The largest absolute Gasteiger partial charge is 1.00 e. The molecule has 0 saturated carbocycles. The number of rotatable bonds is 7. The van der Waals surface area contributed by atoms with Crippen molar-refractivity contribution in [2.75, 3.05) is 5.75 Å². The molecule has 1 aromatic rings. The molecule has 1 heterocycles. The van der Waals surface area contributed by atoms with E-state index in [1.54, 1.807) is 18.2 Å². The van der Waals surface area contributed by atoms with Gasteiger partial charge in [0.15, 0.2) is 0 Å². The second-order valence-corrected chi connectivity index (χ2v) is 9.39. The van der Waals surface area contributed by atoms with E-state index in [0.29, 0.717) is 5.25 Å². The second kappa shape index (κ2) is 10.3. The molecular formula is C14H20NNaO3S3. The Bertz CT molecular complexity index is 566. The maximum atomic E-state index is 11.9. The van der Waals surface area contributed by atoms with E-state index in [-0.39, 0.29) is 42.3 Å². The summed E-state index contributed by atoms with van der Waals surface area (Å²) in [5, 5.41) is 0.700. The number of hydrogen-bond donors (Lipinski definition) is 1. The Labute approximate surface area is 163 Å². The number of carbonyl (C=O) groups is 1. The summed E-state index contributed by atoms with van der Waals surface area (Å²) < 4.78 is 26.0. The van der Waals surface area contributed by atoms with Crippen LogP contribution in [0.1, 0.15) is 33.5 Å². The number of amides is 1. The monoisotopic (exact) mass is 369 g/mol. The molecule has 4 nitrogen and oxygen atoms in total. The van der Waals surface area contributed by atoms with Crippen LogP contribution in [-0.2, 0) is 14.8 Å². The Hall–Kier alpha value is 0.340. The molecule has 2 rings (SSSR count). The summed E-state index contributed by atoms with van der Waals surface area (Å²) in [5.41, 5.74) is 0. The first-order chi connectivity index (χ1) is 10.1. The molecule has 0 bridgehead atoms. The van der Waals surface area contributed by atoms with Crippen molar-refractivity contribution in [3.8, 4) is 0 Å². The van der Waals surface area contributed by atoms with Crippen molar-refractivity contribution >= 4 is 37.5 Å². The predicted molar refractivity (Wildman–Crippen MR) is 89.8 cm³/mol. The Morgan fingerprint density at radius 2 is 2.00 bits per heavy atom. The fourth-order valence-electron chi connectivity index (χ4n) is 2.08. The zero-order chi connectivity index (χ0) is 15.1. The summed E-state index contributed by atoms with van der Waals surface area (Å²) in [7, 11) is 0.120. The van der Waals surface area contributed by atoms with Gasteiger partial charge >= 0.3 is 29.6 Å². The van der Waals surface area contributed by atoms with Gasteiger partial charge in [0.2, 0.25) is 5.91 Å². The van der Waals surface area contributed by atoms with Gasteiger partial charge in [0, 0.05) is 17.4 Å². The van der Waals surface area contributed by atoms with Crippen LogP contribution in [0.15, 0.2) is 35.2 Å². The summed E-state index contributed by atoms with van der Waals surface area (Å²) in [5.74, 6) is 0.790. The Kier molecular flexibility index (Phi) is 9.50. The van der Waals surface area contributed by atoms with E-state index in [2.05, 4.69) is 4.72 Å². The molecule has 0 aromatic heterocycles. The first-order valence-corrected chi connectivity index (χ1v) is 10.8. The number of nitrogens with one attached hydrogen (secondary N) is 1. The van der Waals surface area contributed by atoms with Crippen LogP contribution >= 0.6 is 21.6 Å². The third-order valence-corrected chi connectivity index (χ3v) is 7.60. The van der Waals surface area contributed by atoms with Gasteiger partial charge in [-0.3, -0.25) is 4.79 Å². The third-order valence-electron chi connectivity index (χ3n) is 3.21. The Morgan fingerprint density at radius 1 is 1.27 bits per heavy atom. The molecule has 1 atom stereocenters. The van der Waals surface area contributed by atoms with Gasteiger partial charge in [0.1, 0.15) is 0 Å². The molecule has 118 valence electrons. The summed E-state index contributed by atoms with van der Waals surface area (Å²) in [4.78, 5) is 11.9. The summed E-state index contributed by atoms with van der Waals surface area (Å²) in [6.07, 6.45) is 4.31. The number of carbonyl (C=O) groups excluding carboxylic acids is 1. The second-order valence-electron chi connectivity index (χ2n) is 4.92. The normalized spacial score (nSPS) is 17.7. The quantitative estimate of drug-likeness (QED) is 0.426. The smallest absolute Gasteiger partial charge is 1.00 e. The van der Waals surface area contributed by atoms with Crippen LogP contribution in [0.25, 0.3) is 0 Å². The van der Waals surface area contributed by atoms with Crippen LogP contribution in [0.3, 0.4) is 0 Å². The zero-order valence-corrected chi connectivity index (χ0v) is 17.1. The first kappa shape index (κ1) is 20.4. The molecule has 22 heavy (non-hydrogen) atoms. The summed E-state index contributed by atoms with van der Waals surface area (Å²) in [6, 6.07) is 7.96. The third kappa shape index (κ3) is 6.84. The standard InChI is InChI=1S/C14H19NO3S3.Na.H/c16-14(9-5-4-6-12-10-11-19-20-12)15-21(17,18)13-7-2-1-3-8-13;;/h1-3,7-8,12H,4-6,9-11H2,(H,15,16);;/q;+1;-1. The minimum Gasteiger partial charge on any atom is -1.00 e. The minimum absolute atomic E-state index is 0. The van der Waals surface area contributed by atoms with Crippen molar-refractivity contribution in [3.63, 3.8) is 0 Å². The van der Waals surface area contributed by atoms with Gasteiger partial charge in [0.25, 0.3) is 10.0 Å². The van der Waals surface area contributed by atoms with Crippen molar-refractivity contribution in [3.05, 3.63) is 30.3 Å². The molecule has 1 saturated heterocycles. The molecule has 1 aliphatic heterocycles. The maximum absolute atomic E-state index is 11.9. The number of benzene rings is 1. The van der Waals surface area contributed by atoms with Gasteiger partial charge in [-0.2, -0.15) is 0 Å². The van der Waals surface area contributed by atoms with Gasteiger partial charge in [0.05, 0.1) is 4.90 Å². The topological polar surface area (TPSA) is 63.2 Å². The van der Waals surface area contributed by atoms with Crippen molar-refractivity contribution in [1.29, 1.82) is 0 Å². The van der Waals surface area contributed by atoms with Crippen molar-refractivity contribution in [2.45, 2.75) is 42.2 Å². The molecule has 1 aromatic carbocycles. The van der Waals surface area contributed by atoms with Crippen LogP contribution in [0.4, 0.5) is 0 Å². The van der Waals surface area contributed by atoms with Crippen molar-refractivity contribution < 1.29 is 44.2 Å². The predicted octanol–water partition coefficient (Wildman–Crippen LogP) is 0.322. The van der Waals surface area contributed by atoms with Gasteiger partial charge < -0.3 is 1.43 Å². The maximum Gasteiger partial charge on any atom is 1.00 e. The SMILES string of the molecule is O=C(CCCCC1CCSS1)NS(=O)(=O)c1ccccc1.[H-].[Na+]. The van der Waals surface area contributed by atoms with Crippen molar-refractivity contribution in [1.82, 2.24) is 4.72 Å². The Morgan fingerprint density at radius 3 is 2.64 bits per heavy atom. The van der Waals surface area contributed by atoms with E-state index in [0.717, 1.165) is 19.3 Å². The average Bonchev–Trinajstić information content (AvgIpc) is 2.97. The first-order valence-electron chi connectivity index (χ1n) is 6.97. The molecule has 0 radical (unpaired) electrons. The zero-order valence-electron chi connectivity index (χ0n) is 13.7. The van der Waals surface area contributed by atoms with Crippen molar-refractivity contribution in [2.24, 2.45) is 0 Å². The molecule has 0 spiro atoms.